The predicted octanol–water partition coefficient (Wildman–Crippen LogP) is -1.04. The van der Waals surface area contributed by atoms with E-state index >= 15 is 0 Å². The average molecular weight is 405 g/mol. The van der Waals surface area contributed by atoms with Gasteiger partial charge in [-0.3, -0.25) is 0 Å². The Bertz CT molecular complexity index is 472. The number of amides is 4. The molecule has 10 nitrogen and oxygen atoms in total. The molecule has 28 heavy (non-hydrogen) atoms. The Kier molecular flexibility index (Phi) is 8.07. The van der Waals surface area contributed by atoms with E-state index in [1.807, 2.05) is 0 Å². The fraction of sp³-hybridized carbons (Fsp3) is 0.889. The van der Waals surface area contributed by atoms with E-state index in [1.54, 1.807) is 55.9 Å². The zero-order valence-electron chi connectivity index (χ0n) is 18.0. The molecule has 0 bridgehead atoms. The lowest BCUT2D eigenvalue weighted by atomic mass is 10.0. The van der Waals surface area contributed by atoms with Gasteiger partial charge in [0.1, 0.15) is 24.4 Å². The summed E-state index contributed by atoms with van der Waals surface area (Å²) < 4.78 is 0. The molecule has 0 aromatic rings. The van der Waals surface area contributed by atoms with E-state index in [1.165, 1.54) is 19.6 Å². The van der Waals surface area contributed by atoms with Crippen LogP contribution in [0.2, 0.25) is 0 Å². The molecule has 0 spiro atoms. The second-order valence-corrected chi connectivity index (χ2v) is 7.93. The van der Waals surface area contributed by atoms with Crippen molar-refractivity contribution in [3.63, 3.8) is 0 Å². The van der Waals surface area contributed by atoms with E-state index in [9.17, 15) is 30.0 Å². The molecular formula is C18H36N4O6. The topological polar surface area (TPSA) is 128 Å². The SMILES string of the molecule is CC1C(O)C(O)C(C)N(C)C(=O)N1C.CC1C(O)C(O)C(C)N(C)C(=O)N1C. The van der Waals surface area contributed by atoms with Crippen LogP contribution in [0, 0.1) is 0 Å². The Balaban J connectivity index is 0.000000280. The summed E-state index contributed by atoms with van der Waals surface area (Å²) in [6.07, 6.45) is -3.60. The first-order chi connectivity index (χ1) is 12.7. The van der Waals surface area contributed by atoms with Crippen LogP contribution >= 0.6 is 0 Å². The van der Waals surface area contributed by atoms with Crippen LogP contribution in [-0.4, -0.2) is 129 Å². The third-order valence-corrected chi connectivity index (χ3v) is 6.33. The fourth-order valence-electron chi connectivity index (χ4n) is 3.25. The standard InChI is InChI=1S/2C9H18N2O3/c2*1-5-7(12)8(13)6(2)11(4)9(14)10(5)3/h2*5-8,12-13H,1-4H3. The van der Waals surface area contributed by atoms with Gasteiger partial charge in [0.05, 0.1) is 24.2 Å². The molecular weight excluding hydrogens is 368 g/mol. The highest BCUT2D eigenvalue weighted by Gasteiger charge is 2.40. The molecule has 2 fully saturated rings. The second-order valence-electron chi connectivity index (χ2n) is 7.93. The van der Waals surface area contributed by atoms with Gasteiger partial charge in [0, 0.05) is 28.2 Å². The Morgan fingerprint density at radius 3 is 0.786 bits per heavy atom. The molecule has 2 heterocycles. The number of aliphatic hydroxyl groups is 4. The summed E-state index contributed by atoms with van der Waals surface area (Å²) >= 11 is 0. The lowest BCUT2D eigenvalue weighted by Gasteiger charge is -2.27. The molecule has 8 atom stereocenters. The Hall–Kier alpha value is -1.62. The minimum Gasteiger partial charge on any atom is -0.388 e. The van der Waals surface area contributed by atoms with Crippen LogP contribution in [0.5, 0.6) is 0 Å². The number of hydrogen-bond acceptors (Lipinski definition) is 6. The highest BCUT2D eigenvalue weighted by atomic mass is 16.3. The molecule has 2 aliphatic heterocycles. The van der Waals surface area contributed by atoms with Gasteiger partial charge in [-0.2, -0.15) is 0 Å². The van der Waals surface area contributed by atoms with Crippen LogP contribution in [-0.2, 0) is 0 Å². The molecule has 0 aliphatic carbocycles. The number of nitrogens with zero attached hydrogens (tertiary/aromatic N) is 4. The van der Waals surface area contributed by atoms with E-state index in [4.69, 9.17) is 0 Å². The van der Waals surface area contributed by atoms with Crippen LogP contribution in [0.4, 0.5) is 9.59 Å². The van der Waals surface area contributed by atoms with Gasteiger partial charge in [-0.05, 0) is 27.7 Å². The summed E-state index contributed by atoms with van der Waals surface area (Å²) in [5.41, 5.74) is 0. The summed E-state index contributed by atoms with van der Waals surface area (Å²) in [7, 11) is 6.49. The molecule has 164 valence electrons. The van der Waals surface area contributed by atoms with E-state index in [0.29, 0.717) is 0 Å². The van der Waals surface area contributed by atoms with E-state index < -0.39 is 24.4 Å². The Labute approximate surface area is 166 Å². The van der Waals surface area contributed by atoms with Gasteiger partial charge in [0.15, 0.2) is 0 Å². The molecule has 8 unspecified atom stereocenters. The maximum absolute atomic E-state index is 11.7. The number of carbonyl (C=O) groups excluding carboxylic acids is 2. The van der Waals surface area contributed by atoms with Gasteiger partial charge in [0.2, 0.25) is 0 Å². The molecule has 0 aromatic carbocycles. The molecule has 2 rings (SSSR count). The van der Waals surface area contributed by atoms with Crippen molar-refractivity contribution in [2.75, 3.05) is 28.2 Å². The molecule has 2 saturated heterocycles. The zero-order chi connectivity index (χ0) is 22.1. The minimum atomic E-state index is -0.899. The van der Waals surface area contributed by atoms with Crippen LogP contribution < -0.4 is 0 Å². The molecule has 0 aromatic heterocycles. The van der Waals surface area contributed by atoms with Gasteiger partial charge < -0.3 is 40.0 Å². The van der Waals surface area contributed by atoms with Crippen molar-refractivity contribution in [2.45, 2.75) is 76.3 Å². The third kappa shape index (κ3) is 4.51. The summed E-state index contributed by atoms with van der Waals surface area (Å²) in [6, 6.07) is -1.84. The Morgan fingerprint density at radius 1 is 0.500 bits per heavy atom. The van der Waals surface area contributed by atoms with Gasteiger partial charge in [-0.25, -0.2) is 9.59 Å². The molecule has 0 saturated carbocycles. The lowest BCUT2D eigenvalue weighted by Crippen LogP contribution is -2.45. The van der Waals surface area contributed by atoms with Crippen molar-refractivity contribution < 1.29 is 30.0 Å². The number of rotatable bonds is 0. The second kappa shape index (κ2) is 9.25. The van der Waals surface area contributed by atoms with Crippen molar-refractivity contribution >= 4 is 12.1 Å². The molecule has 10 heteroatoms. The summed E-state index contributed by atoms with van der Waals surface area (Å²) in [5.74, 6) is 0. The van der Waals surface area contributed by atoms with E-state index in [-0.39, 0.29) is 36.2 Å². The molecule has 0 radical (unpaired) electrons. The van der Waals surface area contributed by atoms with E-state index in [2.05, 4.69) is 0 Å². The summed E-state index contributed by atoms with van der Waals surface area (Å²) in [4.78, 5) is 29.1. The van der Waals surface area contributed by atoms with Crippen molar-refractivity contribution in [3.05, 3.63) is 0 Å². The fourth-order valence-corrected chi connectivity index (χ4v) is 3.25. The lowest BCUT2D eigenvalue weighted by molar-refractivity contribution is -0.0282. The first kappa shape index (κ1) is 24.4. The van der Waals surface area contributed by atoms with E-state index in [0.717, 1.165) is 0 Å². The number of carbonyl (C=O) groups is 2. The van der Waals surface area contributed by atoms with Crippen molar-refractivity contribution in [1.82, 2.24) is 19.6 Å². The monoisotopic (exact) mass is 404 g/mol. The Morgan fingerprint density at radius 2 is 0.643 bits per heavy atom. The summed E-state index contributed by atoms with van der Waals surface area (Å²) in [5, 5.41) is 38.9. The predicted molar refractivity (Wildman–Crippen MR) is 104 cm³/mol. The molecule has 4 N–H and O–H groups in total. The van der Waals surface area contributed by atoms with Crippen molar-refractivity contribution in [3.8, 4) is 0 Å². The van der Waals surface area contributed by atoms with Crippen molar-refractivity contribution in [1.29, 1.82) is 0 Å². The first-order valence-corrected chi connectivity index (χ1v) is 9.47. The minimum absolute atomic E-state index is 0.180. The average Bonchev–Trinajstić information content (AvgIpc) is 2.77. The number of likely N-dealkylation sites (N-methyl/N-ethyl adjacent to an activating group) is 4. The smallest absolute Gasteiger partial charge is 0.320 e. The van der Waals surface area contributed by atoms with Crippen LogP contribution in [0.25, 0.3) is 0 Å². The molecule has 4 amide bonds. The molecule has 2 aliphatic rings. The normalized spacial score (nSPS) is 40.0. The van der Waals surface area contributed by atoms with Gasteiger partial charge in [0.25, 0.3) is 0 Å². The summed E-state index contributed by atoms with van der Waals surface area (Å²) in [6.45, 7) is 6.88. The van der Waals surface area contributed by atoms with Crippen LogP contribution in [0.1, 0.15) is 27.7 Å². The first-order valence-electron chi connectivity index (χ1n) is 9.47. The van der Waals surface area contributed by atoms with Crippen molar-refractivity contribution in [2.24, 2.45) is 0 Å². The quantitative estimate of drug-likeness (QED) is 0.409. The largest absolute Gasteiger partial charge is 0.388 e. The number of urea groups is 2. The third-order valence-electron chi connectivity index (χ3n) is 6.33. The van der Waals surface area contributed by atoms with Gasteiger partial charge in [-0.1, -0.05) is 0 Å². The maximum atomic E-state index is 11.7. The highest BCUT2D eigenvalue weighted by Crippen LogP contribution is 2.20. The van der Waals surface area contributed by atoms with Crippen LogP contribution in [0.15, 0.2) is 0 Å². The number of hydrogen-bond donors (Lipinski definition) is 4. The van der Waals surface area contributed by atoms with Gasteiger partial charge in [-0.15, -0.1) is 0 Å². The zero-order valence-corrected chi connectivity index (χ0v) is 18.0. The van der Waals surface area contributed by atoms with Crippen LogP contribution in [0.3, 0.4) is 0 Å². The number of aliphatic hydroxyl groups excluding tert-OH is 4. The maximum Gasteiger partial charge on any atom is 0.320 e. The highest BCUT2D eigenvalue weighted by molar-refractivity contribution is 5.75. The van der Waals surface area contributed by atoms with Gasteiger partial charge >= 0.3 is 12.1 Å².